The van der Waals surface area contributed by atoms with Gasteiger partial charge in [-0.05, 0) is 55.9 Å². The molecule has 0 bridgehead atoms. The molecule has 1 aromatic carbocycles. The van der Waals surface area contributed by atoms with E-state index in [-0.39, 0.29) is 17.5 Å². The van der Waals surface area contributed by atoms with Crippen molar-refractivity contribution in [1.29, 1.82) is 0 Å². The second-order valence-corrected chi connectivity index (χ2v) is 11.4. The number of nitrogens with zero attached hydrogens (tertiary/aromatic N) is 4. The lowest BCUT2D eigenvalue weighted by Crippen LogP contribution is -2.45. The minimum absolute atomic E-state index is 0.146. The number of fused-ring (bicyclic) bond motifs is 1. The van der Waals surface area contributed by atoms with Crippen LogP contribution in [-0.4, -0.2) is 65.8 Å². The lowest BCUT2D eigenvalue weighted by atomic mass is 9.94. The summed E-state index contributed by atoms with van der Waals surface area (Å²) in [6.07, 6.45) is 3.10. The molecule has 35 heavy (non-hydrogen) atoms. The van der Waals surface area contributed by atoms with Gasteiger partial charge in [0.05, 0.1) is 24.9 Å². The van der Waals surface area contributed by atoms with Crippen LogP contribution in [0.5, 0.6) is 0 Å². The predicted octanol–water partition coefficient (Wildman–Crippen LogP) is 4.06. The van der Waals surface area contributed by atoms with Gasteiger partial charge in [-0.15, -0.1) is 0 Å². The Kier molecular flexibility index (Phi) is 6.68. The number of morpholine rings is 1. The van der Waals surface area contributed by atoms with E-state index in [9.17, 15) is 4.79 Å². The molecule has 3 aliphatic rings. The molecule has 2 amide bonds. The first-order valence-corrected chi connectivity index (χ1v) is 12.9. The summed E-state index contributed by atoms with van der Waals surface area (Å²) in [5.41, 5.74) is 4.37. The average Bonchev–Trinajstić information content (AvgIpc) is 3.62. The summed E-state index contributed by atoms with van der Waals surface area (Å²) in [6.45, 7) is 14.3. The Hall–Kier alpha value is -2.71. The fourth-order valence-electron chi connectivity index (χ4n) is 4.96. The van der Waals surface area contributed by atoms with Crippen molar-refractivity contribution in [3.63, 3.8) is 0 Å². The summed E-state index contributed by atoms with van der Waals surface area (Å²) in [5.74, 6) is 1.80. The Morgan fingerprint density at radius 1 is 1.14 bits per heavy atom. The molecular formula is C27H38N6O2. The fourth-order valence-corrected chi connectivity index (χ4v) is 4.96. The molecular weight excluding hydrogens is 440 g/mol. The molecule has 5 rings (SSSR count). The predicted molar refractivity (Wildman–Crippen MR) is 139 cm³/mol. The zero-order chi connectivity index (χ0) is 24.6. The quantitative estimate of drug-likeness (QED) is 0.675. The van der Waals surface area contributed by atoms with E-state index in [1.54, 1.807) is 0 Å². The molecule has 3 heterocycles. The lowest BCUT2D eigenvalue weighted by molar-refractivity contribution is 0.0982. The van der Waals surface area contributed by atoms with Crippen LogP contribution in [0.3, 0.4) is 0 Å². The van der Waals surface area contributed by atoms with Gasteiger partial charge in [0.15, 0.2) is 5.82 Å². The van der Waals surface area contributed by atoms with Crippen molar-refractivity contribution in [2.24, 2.45) is 5.41 Å². The van der Waals surface area contributed by atoms with Crippen LogP contribution in [0, 0.1) is 5.41 Å². The van der Waals surface area contributed by atoms with Crippen LogP contribution in [0.1, 0.15) is 51.8 Å². The molecule has 1 saturated heterocycles. The number of benzene rings is 1. The minimum atomic E-state index is -0.146. The maximum Gasteiger partial charge on any atom is 0.319 e. The van der Waals surface area contributed by atoms with E-state index in [0.29, 0.717) is 12.6 Å². The number of hydrogen-bond donors (Lipinski definition) is 2. The number of carbonyl (C=O) groups is 1. The van der Waals surface area contributed by atoms with Gasteiger partial charge in [-0.2, -0.15) is 0 Å². The Labute approximate surface area is 208 Å². The number of rotatable bonds is 5. The molecule has 1 saturated carbocycles. The first-order chi connectivity index (χ1) is 16.7. The van der Waals surface area contributed by atoms with Crippen LogP contribution in [0.15, 0.2) is 24.3 Å². The molecule has 0 unspecified atom stereocenters. The van der Waals surface area contributed by atoms with Gasteiger partial charge < -0.3 is 20.3 Å². The van der Waals surface area contributed by atoms with Crippen LogP contribution >= 0.6 is 0 Å². The zero-order valence-corrected chi connectivity index (χ0v) is 21.4. The number of nitrogens with one attached hydrogen (secondary N) is 2. The number of anilines is 2. The van der Waals surface area contributed by atoms with E-state index in [4.69, 9.17) is 14.7 Å². The Morgan fingerprint density at radius 2 is 1.91 bits per heavy atom. The molecule has 1 aromatic heterocycles. The van der Waals surface area contributed by atoms with E-state index in [1.807, 2.05) is 24.3 Å². The standard InChI is InChI=1S/C27H38N6O2/c1-18-16-35-14-13-33(18)25-22-11-12-32(17-27(2,3)4)15-23(22)30-24(31-25)19-5-7-20(8-6-19)28-26(34)29-21-9-10-21/h5-8,18,21H,9-17H2,1-4H3,(H2,28,29,34)/t18-/m0/s1. The van der Waals surface area contributed by atoms with Crippen LogP contribution in [0.4, 0.5) is 16.3 Å². The van der Waals surface area contributed by atoms with Gasteiger partial charge in [0.2, 0.25) is 0 Å². The normalized spacial score (nSPS) is 20.9. The van der Waals surface area contributed by atoms with E-state index in [2.05, 4.69) is 48.1 Å². The highest BCUT2D eigenvalue weighted by atomic mass is 16.5. The molecule has 1 aliphatic carbocycles. The molecule has 8 heteroatoms. The van der Waals surface area contributed by atoms with Crippen molar-refractivity contribution >= 4 is 17.5 Å². The minimum Gasteiger partial charge on any atom is -0.377 e. The van der Waals surface area contributed by atoms with Crippen molar-refractivity contribution in [2.45, 2.75) is 65.6 Å². The summed E-state index contributed by atoms with van der Waals surface area (Å²) in [7, 11) is 0. The topological polar surface area (TPSA) is 82.6 Å². The second-order valence-electron chi connectivity index (χ2n) is 11.4. The van der Waals surface area contributed by atoms with Gasteiger partial charge in [0.1, 0.15) is 5.82 Å². The number of urea groups is 1. The molecule has 8 nitrogen and oxygen atoms in total. The van der Waals surface area contributed by atoms with Gasteiger partial charge in [-0.25, -0.2) is 14.8 Å². The third-order valence-corrected chi connectivity index (χ3v) is 6.77. The highest BCUT2D eigenvalue weighted by Crippen LogP contribution is 2.32. The van der Waals surface area contributed by atoms with Gasteiger partial charge in [-0.1, -0.05) is 20.8 Å². The molecule has 2 aromatic rings. The highest BCUT2D eigenvalue weighted by Gasteiger charge is 2.30. The molecule has 0 spiro atoms. The first kappa shape index (κ1) is 24.0. The number of aromatic nitrogens is 2. The summed E-state index contributed by atoms with van der Waals surface area (Å²) in [5, 5.41) is 5.87. The summed E-state index contributed by atoms with van der Waals surface area (Å²) in [4.78, 5) is 27.2. The molecule has 2 aliphatic heterocycles. The number of hydrogen-bond acceptors (Lipinski definition) is 6. The Morgan fingerprint density at radius 3 is 2.60 bits per heavy atom. The van der Waals surface area contributed by atoms with Crippen LogP contribution in [0.2, 0.25) is 0 Å². The third kappa shape index (κ3) is 5.93. The molecule has 188 valence electrons. The molecule has 1 atom stereocenters. The van der Waals surface area contributed by atoms with Crippen molar-refractivity contribution in [3.8, 4) is 11.4 Å². The SMILES string of the molecule is C[C@H]1COCCN1c1nc(-c2ccc(NC(=O)NC3CC3)cc2)nc2c1CCN(CC(C)(C)C)C2. The average molecular weight is 479 g/mol. The van der Waals surface area contributed by atoms with Gasteiger partial charge in [0, 0.05) is 49.0 Å². The lowest BCUT2D eigenvalue weighted by Gasteiger charge is -2.38. The van der Waals surface area contributed by atoms with Gasteiger partial charge in [-0.3, -0.25) is 4.90 Å². The number of amides is 2. The van der Waals surface area contributed by atoms with E-state index in [1.165, 1.54) is 5.56 Å². The van der Waals surface area contributed by atoms with Crippen molar-refractivity contribution < 1.29 is 9.53 Å². The van der Waals surface area contributed by atoms with E-state index < -0.39 is 0 Å². The van der Waals surface area contributed by atoms with Crippen LogP contribution in [-0.2, 0) is 17.7 Å². The summed E-state index contributed by atoms with van der Waals surface area (Å²) >= 11 is 0. The van der Waals surface area contributed by atoms with Crippen LogP contribution in [0.25, 0.3) is 11.4 Å². The number of ether oxygens (including phenoxy) is 1. The first-order valence-electron chi connectivity index (χ1n) is 12.9. The maximum atomic E-state index is 12.1. The molecule has 2 N–H and O–H groups in total. The Bertz CT molecular complexity index is 1060. The molecule has 0 radical (unpaired) electrons. The third-order valence-electron chi connectivity index (χ3n) is 6.77. The van der Waals surface area contributed by atoms with Crippen molar-refractivity contribution in [1.82, 2.24) is 20.2 Å². The largest absolute Gasteiger partial charge is 0.377 e. The van der Waals surface area contributed by atoms with E-state index in [0.717, 1.165) is 80.6 Å². The monoisotopic (exact) mass is 478 g/mol. The second kappa shape index (κ2) is 9.74. The fraction of sp³-hybridized carbons (Fsp3) is 0.593. The number of carbonyl (C=O) groups excluding carboxylic acids is 1. The van der Waals surface area contributed by atoms with E-state index >= 15 is 0 Å². The smallest absolute Gasteiger partial charge is 0.319 e. The van der Waals surface area contributed by atoms with Crippen molar-refractivity contribution in [2.75, 3.05) is 43.1 Å². The maximum absolute atomic E-state index is 12.1. The van der Waals surface area contributed by atoms with Crippen LogP contribution < -0.4 is 15.5 Å². The van der Waals surface area contributed by atoms with Gasteiger partial charge >= 0.3 is 6.03 Å². The van der Waals surface area contributed by atoms with Crippen molar-refractivity contribution in [3.05, 3.63) is 35.5 Å². The highest BCUT2D eigenvalue weighted by molar-refractivity contribution is 5.89. The molecule has 2 fully saturated rings. The summed E-state index contributed by atoms with van der Waals surface area (Å²) in [6, 6.07) is 8.30. The Balaban J connectivity index is 1.43. The summed E-state index contributed by atoms with van der Waals surface area (Å²) < 4.78 is 5.70. The zero-order valence-electron chi connectivity index (χ0n) is 21.4. The van der Waals surface area contributed by atoms with Gasteiger partial charge in [0.25, 0.3) is 0 Å².